The molecular weight excluding hydrogens is 468 g/mol. The quantitative estimate of drug-likeness (QED) is 0.192. The average Bonchev–Trinajstić information content (AvgIpc) is 3.25. The highest BCUT2D eigenvalue weighted by molar-refractivity contribution is 8.03. The van der Waals surface area contributed by atoms with Crippen LogP contribution in [0, 0.1) is 0 Å². The van der Waals surface area contributed by atoms with Gasteiger partial charge in [-0.1, -0.05) is 101 Å². The molecule has 9 heteroatoms. The molecule has 4 rings (SSSR count). The molecule has 0 saturated heterocycles. The number of carbonyl (C=O) groups excluding carboxylic acids is 1. The third kappa shape index (κ3) is 6.30. The second-order valence-electron chi connectivity index (χ2n) is 6.39. The Morgan fingerprint density at radius 1 is 1.00 bits per heavy atom. The lowest BCUT2D eigenvalue weighted by Crippen LogP contribution is -2.19. The Bertz CT molecular complexity index is 1210. The van der Waals surface area contributed by atoms with Crippen molar-refractivity contribution in [1.29, 1.82) is 0 Å². The van der Waals surface area contributed by atoms with E-state index in [1.54, 1.807) is 30.1 Å². The third-order valence-corrected chi connectivity index (χ3v) is 7.71. The zero-order chi connectivity index (χ0) is 21.5. The molecule has 0 atom stereocenters. The SMILES string of the molecule is O=C(CSc1nnc(SCc2cccc3ccccc23)s1)N/N=C/c1ccc(Cl)cc1. The van der Waals surface area contributed by atoms with Crippen LogP contribution in [0.15, 0.2) is 80.5 Å². The number of benzene rings is 3. The predicted molar refractivity (Wildman–Crippen MR) is 131 cm³/mol. The molecule has 0 aliphatic heterocycles. The summed E-state index contributed by atoms with van der Waals surface area (Å²) in [6.07, 6.45) is 1.58. The van der Waals surface area contributed by atoms with E-state index >= 15 is 0 Å². The maximum atomic E-state index is 12.0. The van der Waals surface area contributed by atoms with Gasteiger partial charge in [0.15, 0.2) is 8.68 Å². The molecule has 1 amide bonds. The van der Waals surface area contributed by atoms with Gasteiger partial charge in [-0.05, 0) is 34.0 Å². The van der Waals surface area contributed by atoms with E-state index in [2.05, 4.69) is 57.1 Å². The molecular formula is C22H17ClN4OS3. The number of fused-ring (bicyclic) bond motifs is 1. The van der Waals surface area contributed by atoms with E-state index in [-0.39, 0.29) is 11.7 Å². The molecule has 156 valence electrons. The molecule has 5 nitrogen and oxygen atoms in total. The Morgan fingerprint density at radius 2 is 1.74 bits per heavy atom. The number of amides is 1. The number of aromatic nitrogens is 2. The monoisotopic (exact) mass is 484 g/mol. The fraction of sp³-hybridized carbons (Fsp3) is 0.0909. The number of nitrogens with zero attached hydrogens (tertiary/aromatic N) is 3. The molecule has 1 N–H and O–H groups in total. The van der Waals surface area contributed by atoms with Crippen molar-refractivity contribution in [3.8, 4) is 0 Å². The van der Waals surface area contributed by atoms with E-state index in [1.807, 2.05) is 18.2 Å². The van der Waals surface area contributed by atoms with Gasteiger partial charge in [-0.3, -0.25) is 4.79 Å². The van der Waals surface area contributed by atoms with Crippen LogP contribution >= 0.6 is 46.5 Å². The number of hydrazone groups is 1. The van der Waals surface area contributed by atoms with Crippen molar-refractivity contribution < 1.29 is 4.79 Å². The standard InChI is InChI=1S/C22H17ClN4OS3/c23-18-10-8-15(9-11-18)12-24-25-20(28)14-30-22-27-26-21(31-22)29-13-17-6-3-5-16-4-1-2-7-19(16)17/h1-12H,13-14H2,(H,25,28)/b24-12+. The van der Waals surface area contributed by atoms with Gasteiger partial charge in [0.25, 0.3) is 5.91 Å². The summed E-state index contributed by atoms with van der Waals surface area (Å²) in [5.74, 6) is 0.844. The number of hydrogen-bond donors (Lipinski definition) is 1. The molecule has 0 aliphatic rings. The highest BCUT2D eigenvalue weighted by atomic mass is 35.5. The van der Waals surface area contributed by atoms with Crippen molar-refractivity contribution in [2.75, 3.05) is 5.75 Å². The Balaban J connectivity index is 1.25. The highest BCUT2D eigenvalue weighted by Gasteiger charge is 2.09. The van der Waals surface area contributed by atoms with E-state index in [0.29, 0.717) is 5.02 Å². The minimum atomic E-state index is -0.199. The fourth-order valence-electron chi connectivity index (χ4n) is 2.76. The molecule has 0 saturated carbocycles. The lowest BCUT2D eigenvalue weighted by molar-refractivity contribution is -0.118. The first-order valence-corrected chi connectivity index (χ1v) is 12.5. The van der Waals surface area contributed by atoms with Crippen LogP contribution in [0.25, 0.3) is 10.8 Å². The van der Waals surface area contributed by atoms with Crippen LogP contribution in [0.1, 0.15) is 11.1 Å². The van der Waals surface area contributed by atoms with E-state index in [1.165, 1.54) is 39.4 Å². The number of halogens is 1. The van der Waals surface area contributed by atoms with Crippen LogP contribution in [-0.2, 0) is 10.5 Å². The van der Waals surface area contributed by atoms with Gasteiger partial charge in [0.05, 0.1) is 12.0 Å². The Hall–Kier alpha value is -2.39. The van der Waals surface area contributed by atoms with Crippen molar-refractivity contribution in [3.63, 3.8) is 0 Å². The number of carbonyl (C=O) groups is 1. The minimum Gasteiger partial charge on any atom is -0.272 e. The Morgan fingerprint density at radius 3 is 2.58 bits per heavy atom. The van der Waals surface area contributed by atoms with Gasteiger partial charge in [0.2, 0.25) is 0 Å². The van der Waals surface area contributed by atoms with Crippen molar-refractivity contribution in [2.45, 2.75) is 14.4 Å². The largest absolute Gasteiger partial charge is 0.272 e. The zero-order valence-electron chi connectivity index (χ0n) is 16.2. The molecule has 0 bridgehead atoms. The van der Waals surface area contributed by atoms with Crippen LogP contribution in [0.2, 0.25) is 5.02 Å². The van der Waals surface area contributed by atoms with Gasteiger partial charge in [-0.2, -0.15) is 5.10 Å². The summed E-state index contributed by atoms with van der Waals surface area (Å²) in [4.78, 5) is 12.0. The van der Waals surface area contributed by atoms with Crippen LogP contribution < -0.4 is 5.43 Å². The second-order valence-corrected chi connectivity index (χ2v) is 10.3. The molecule has 0 unspecified atom stereocenters. The van der Waals surface area contributed by atoms with Gasteiger partial charge >= 0.3 is 0 Å². The molecule has 0 spiro atoms. The molecule has 1 heterocycles. The van der Waals surface area contributed by atoms with Crippen molar-refractivity contribution in [1.82, 2.24) is 15.6 Å². The fourth-order valence-corrected chi connectivity index (χ4v) is 5.70. The zero-order valence-corrected chi connectivity index (χ0v) is 19.4. The smallest absolute Gasteiger partial charge is 0.250 e. The van der Waals surface area contributed by atoms with Gasteiger partial charge < -0.3 is 0 Å². The number of hydrogen-bond acceptors (Lipinski definition) is 7. The third-order valence-electron chi connectivity index (χ3n) is 4.22. The van der Waals surface area contributed by atoms with Crippen molar-refractivity contribution in [3.05, 3.63) is 82.9 Å². The lowest BCUT2D eigenvalue weighted by atomic mass is 10.1. The molecule has 31 heavy (non-hydrogen) atoms. The van der Waals surface area contributed by atoms with E-state index in [0.717, 1.165) is 20.0 Å². The summed E-state index contributed by atoms with van der Waals surface area (Å²) in [5, 5.41) is 15.5. The van der Waals surface area contributed by atoms with E-state index < -0.39 is 0 Å². The number of nitrogens with one attached hydrogen (secondary N) is 1. The highest BCUT2D eigenvalue weighted by Crippen LogP contribution is 2.32. The molecule has 0 radical (unpaired) electrons. The summed E-state index contributed by atoms with van der Waals surface area (Å²) < 4.78 is 1.65. The molecule has 3 aromatic carbocycles. The van der Waals surface area contributed by atoms with Gasteiger partial charge in [0, 0.05) is 10.8 Å². The van der Waals surface area contributed by atoms with Gasteiger partial charge in [0.1, 0.15) is 0 Å². The van der Waals surface area contributed by atoms with Gasteiger partial charge in [-0.15, -0.1) is 10.2 Å². The average molecular weight is 485 g/mol. The summed E-state index contributed by atoms with van der Waals surface area (Å²) in [6.45, 7) is 0. The predicted octanol–water partition coefficient (Wildman–Crippen LogP) is 5.88. The van der Waals surface area contributed by atoms with Crippen molar-refractivity contribution >= 4 is 69.4 Å². The van der Waals surface area contributed by atoms with Gasteiger partial charge in [-0.25, -0.2) is 5.43 Å². The molecule has 0 aliphatic carbocycles. The number of thioether (sulfide) groups is 2. The minimum absolute atomic E-state index is 0.199. The maximum Gasteiger partial charge on any atom is 0.250 e. The number of rotatable bonds is 8. The first kappa shape index (κ1) is 21.8. The second kappa shape index (κ2) is 10.8. The van der Waals surface area contributed by atoms with E-state index in [9.17, 15) is 4.79 Å². The lowest BCUT2D eigenvalue weighted by Gasteiger charge is -2.04. The first-order chi connectivity index (χ1) is 15.2. The Labute approximate surface area is 197 Å². The molecule has 0 fully saturated rings. The molecule has 4 aromatic rings. The van der Waals surface area contributed by atoms with Crippen LogP contribution in [0.4, 0.5) is 0 Å². The van der Waals surface area contributed by atoms with E-state index in [4.69, 9.17) is 11.6 Å². The Kier molecular flexibility index (Phi) is 7.58. The van der Waals surface area contributed by atoms with Crippen LogP contribution in [0.5, 0.6) is 0 Å². The normalized spacial score (nSPS) is 11.3. The summed E-state index contributed by atoms with van der Waals surface area (Å²) in [7, 11) is 0. The van der Waals surface area contributed by atoms with Crippen molar-refractivity contribution in [2.24, 2.45) is 5.10 Å². The summed E-state index contributed by atoms with van der Waals surface area (Å²) in [5.41, 5.74) is 4.64. The maximum absolute atomic E-state index is 12.0. The van der Waals surface area contributed by atoms with Crippen LogP contribution in [-0.4, -0.2) is 28.1 Å². The summed E-state index contributed by atoms with van der Waals surface area (Å²) >= 11 is 10.3. The van der Waals surface area contributed by atoms with Crippen LogP contribution in [0.3, 0.4) is 0 Å². The summed E-state index contributed by atoms with van der Waals surface area (Å²) in [6, 6.07) is 21.9. The topological polar surface area (TPSA) is 67.2 Å². The molecule has 1 aromatic heterocycles. The first-order valence-electron chi connectivity index (χ1n) is 9.30.